The van der Waals surface area contributed by atoms with Crippen molar-refractivity contribution in [1.82, 2.24) is 14.4 Å². The van der Waals surface area contributed by atoms with Crippen LogP contribution in [0.3, 0.4) is 0 Å². The molecule has 1 aromatic heterocycles. The molecule has 0 unspecified atom stereocenters. The number of para-hydroxylation sites is 10. The van der Waals surface area contributed by atoms with E-state index >= 15 is 0 Å². The molecule has 22 nitrogen and oxygen atoms in total. The number of aliphatic hydroxyl groups is 3. The first-order valence-electron chi connectivity index (χ1n) is 42.9. The Morgan fingerprint density at radius 2 is 0.787 bits per heavy atom. The van der Waals surface area contributed by atoms with Crippen LogP contribution in [0.5, 0.6) is 57.5 Å². The van der Waals surface area contributed by atoms with E-state index in [9.17, 15) is 65.0 Å². The van der Waals surface area contributed by atoms with E-state index in [4.69, 9.17) is 58.2 Å². The van der Waals surface area contributed by atoms with Crippen LogP contribution in [0.4, 0.5) is 50.9 Å². The molecule has 1 amide bonds. The lowest BCUT2D eigenvalue weighted by atomic mass is 9.95. The van der Waals surface area contributed by atoms with Crippen molar-refractivity contribution in [1.29, 1.82) is 10.5 Å². The zero-order chi connectivity index (χ0) is 91.3. The Morgan fingerprint density at radius 3 is 1.17 bits per heavy atom. The average Bonchev–Trinajstić information content (AvgIpc) is 1.66. The molecule has 0 radical (unpaired) electrons. The van der Waals surface area contributed by atoms with E-state index in [1.54, 1.807) is 54.6 Å². The number of aromatic nitrogens is 1. The van der Waals surface area contributed by atoms with Gasteiger partial charge >= 0.3 is 18.5 Å². The molecule has 0 bridgehead atoms. The summed E-state index contributed by atoms with van der Waals surface area (Å²) >= 11 is 0. The standard InChI is InChI=1S/C35H44F3N3O6.C35H42F3N3O5.C26H29F3N2O3/c1-3-44-29-9-4-5-10-30(29)45-19-16-40(17-20-46-31-11-6-7-12-32(31)47-24-35(36,37)38)25(2)21-26-22-27-13-15-41(14-8-18-42)33(27)28(23-26)34(39)43;1-3-43-30-9-4-5-10-31(30)44-19-16-40(17-20-45-32-11-6-7-12-33(32)46-25-35(36,37)38)26(2)21-27-22-28-13-15-41(14-8-18-42)34(28)29(23-27)24-39;1-19(6-4-13-33-23-7-2-3-8-24(23)34-18-26(27,28)29)14-20-15-21-9-11-31(10-5-12-32)25(21)22(16-20)17-30/h4-7,9-12,22-23,25,42H,3,8,13-21,24H2,1-2H3,(H2,39,43);4-7,9-12,22-23,26,42H,3,8,13-21,25H2,1-2H3;2-3,7-9,11,15-16,19,32H,4-6,10,12-14,18H2,1H3/t25-;26-;19-/m110/s1. The zero-order valence-corrected chi connectivity index (χ0v) is 72.5. The topological polar surface area (TPSA) is 262 Å². The fourth-order valence-corrected chi connectivity index (χ4v) is 15.4. The molecule has 0 saturated carbocycles. The number of halogens is 9. The highest BCUT2D eigenvalue weighted by atomic mass is 19.4. The summed E-state index contributed by atoms with van der Waals surface area (Å²) in [6.07, 6.45) is -4.20. The molecule has 2 aliphatic heterocycles. The molecule has 2 aliphatic rings. The van der Waals surface area contributed by atoms with Crippen LogP contribution in [-0.2, 0) is 38.6 Å². The Hall–Kier alpha value is -11.5. The number of hydrogen-bond acceptors (Lipinski definition) is 20. The number of alkyl halides is 9. The number of fused-ring (bicyclic) bond motifs is 3. The molecule has 11 rings (SSSR count). The van der Waals surface area contributed by atoms with Crippen molar-refractivity contribution in [2.75, 3.05) is 148 Å². The molecule has 3 atom stereocenters. The number of benzene rings is 8. The molecule has 686 valence electrons. The van der Waals surface area contributed by atoms with Crippen LogP contribution in [0.1, 0.15) is 116 Å². The maximum Gasteiger partial charge on any atom is 0.422 e. The zero-order valence-electron chi connectivity index (χ0n) is 72.5. The van der Waals surface area contributed by atoms with Gasteiger partial charge in [0.25, 0.3) is 5.91 Å². The number of amides is 1. The van der Waals surface area contributed by atoms with E-state index in [1.807, 2.05) is 97.4 Å². The van der Waals surface area contributed by atoms with Crippen molar-refractivity contribution in [3.63, 3.8) is 0 Å². The number of hydrogen-bond donors (Lipinski definition) is 4. The van der Waals surface area contributed by atoms with Gasteiger partial charge in [0.15, 0.2) is 77.3 Å². The van der Waals surface area contributed by atoms with Gasteiger partial charge in [-0.1, -0.05) is 79.7 Å². The van der Waals surface area contributed by atoms with Crippen LogP contribution in [-0.4, -0.2) is 204 Å². The smallest absolute Gasteiger partial charge is 0.422 e. The predicted molar refractivity (Wildman–Crippen MR) is 468 cm³/mol. The summed E-state index contributed by atoms with van der Waals surface area (Å²) in [4.78, 5) is 21.2. The maximum absolute atomic E-state index is 12.8. The number of aliphatic hydroxyl groups excluding tert-OH is 3. The van der Waals surface area contributed by atoms with Crippen molar-refractivity contribution < 1.29 is 107 Å². The summed E-state index contributed by atoms with van der Waals surface area (Å²) in [5, 5.41) is 48.3. The summed E-state index contributed by atoms with van der Waals surface area (Å²) in [6, 6.07) is 52.7. The van der Waals surface area contributed by atoms with Crippen LogP contribution in [0, 0.1) is 28.6 Å². The molecule has 0 saturated heterocycles. The molecule has 8 aromatic carbocycles. The van der Waals surface area contributed by atoms with E-state index in [2.05, 4.69) is 70.7 Å². The average molecular weight is 1780 g/mol. The van der Waals surface area contributed by atoms with Gasteiger partial charge < -0.3 is 82.8 Å². The van der Waals surface area contributed by atoms with Crippen molar-refractivity contribution in [3.8, 4) is 69.6 Å². The van der Waals surface area contributed by atoms with Gasteiger partial charge in [0.2, 0.25) is 0 Å². The number of carbonyl (C=O) groups is 1. The summed E-state index contributed by atoms with van der Waals surface area (Å²) in [6.45, 7) is 14.3. The van der Waals surface area contributed by atoms with E-state index in [1.165, 1.54) is 18.2 Å². The minimum Gasteiger partial charge on any atom is -0.490 e. The van der Waals surface area contributed by atoms with Crippen molar-refractivity contribution in [3.05, 3.63) is 214 Å². The SMILES string of the molecule is CCOc1ccccc1OCCN(CCOc1ccccc1OCC(F)(F)F)[C@H](C)Cc1cc(C#N)c2c(c1)CCN2CCCO.CCOc1ccccc1OCCN(CCOc1ccccc1OCC(F)(F)F)[C@H](C)Cc1cc2c(c(C(N)=O)c1)N(CCCO)CC2.C[C@@H](CCCOc1ccccc1OCC(F)(F)F)Cc1cc(C#N)c2c(ccn2CCCO)c1. The fourth-order valence-electron chi connectivity index (χ4n) is 15.4. The van der Waals surface area contributed by atoms with E-state index in [0.717, 1.165) is 95.3 Å². The molecule has 0 spiro atoms. The summed E-state index contributed by atoms with van der Waals surface area (Å²) in [7, 11) is 0. The third kappa shape index (κ3) is 31.8. The summed E-state index contributed by atoms with van der Waals surface area (Å²) in [5.74, 6) is 3.33. The molecule has 9 aromatic rings. The monoisotopic (exact) mass is 1770 g/mol. The molecule has 0 fully saturated rings. The van der Waals surface area contributed by atoms with Gasteiger partial charge in [-0.3, -0.25) is 14.6 Å². The number of nitrogens with zero attached hydrogens (tertiary/aromatic N) is 7. The fraction of sp³-hybridized carbons (Fsp3) is 0.448. The Morgan fingerprint density at radius 1 is 0.441 bits per heavy atom. The number of ether oxygens (including phenoxy) is 10. The second kappa shape index (κ2) is 50.2. The third-order valence-corrected chi connectivity index (χ3v) is 21.1. The van der Waals surface area contributed by atoms with Crippen molar-refractivity contribution in [2.24, 2.45) is 11.7 Å². The third-order valence-electron chi connectivity index (χ3n) is 21.1. The lowest BCUT2D eigenvalue weighted by Gasteiger charge is -2.30. The van der Waals surface area contributed by atoms with Gasteiger partial charge in [0, 0.05) is 102 Å². The van der Waals surface area contributed by atoms with Crippen LogP contribution in [0.15, 0.2) is 170 Å². The Balaban J connectivity index is 0.000000218. The number of nitrogens with two attached hydrogens (primary N) is 1. The Bertz CT molecular complexity index is 4980. The first-order chi connectivity index (χ1) is 61.1. The molecule has 31 heteroatoms. The molecular weight excluding hydrogens is 1660 g/mol. The highest BCUT2D eigenvalue weighted by Crippen LogP contribution is 2.39. The molecule has 3 heterocycles. The van der Waals surface area contributed by atoms with Crippen LogP contribution < -0.4 is 62.9 Å². The molecule has 5 N–H and O–H groups in total. The lowest BCUT2D eigenvalue weighted by molar-refractivity contribution is -0.154. The molecular formula is C96H115F9N8O14. The largest absolute Gasteiger partial charge is 0.490 e. The lowest BCUT2D eigenvalue weighted by Crippen LogP contribution is -2.40. The summed E-state index contributed by atoms with van der Waals surface area (Å²) < 4.78 is 172. The van der Waals surface area contributed by atoms with Gasteiger partial charge in [0.05, 0.1) is 53.4 Å². The highest BCUT2D eigenvalue weighted by molar-refractivity contribution is 6.00. The molecule has 0 aliphatic carbocycles. The highest BCUT2D eigenvalue weighted by Gasteiger charge is 2.33. The predicted octanol–water partition coefficient (Wildman–Crippen LogP) is 17.2. The normalized spacial score (nSPS) is 13.1. The number of carbonyl (C=O) groups excluding carboxylic acids is 1. The van der Waals surface area contributed by atoms with E-state index in [-0.39, 0.29) is 73.9 Å². The number of nitriles is 2. The molecule has 127 heavy (non-hydrogen) atoms. The van der Waals surface area contributed by atoms with E-state index < -0.39 is 44.3 Å². The van der Waals surface area contributed by atoms with Crippen LogP contribution in [0.2, 0.25) is 0 Å². The van der Waals surface area contributed by atoms with E-state index in [0.29, 0.717) is 162 Å². The van der Waals surface area contributed by atoms with Crippen LogP contribution >= 0.6 is 0 Å². The first-order valence-corrected chi connectivity index (χ1v) is 42.9. The van der Waals surface area contributed by atoms with Gasteiger partial charge in [-0.25, -0.2) is 0 Å². The minimum atomic E-state index is -4.47. The number of rotatable bonds is 49. The van der Waals surface area contributed by atoms with Gasteiger partial charge in [-0.15, -0.1) is 0 Å². The second-order valence-electron chi connectivity index (χ2n) is 30.9. The second-order valence-corrected chi connectivity index (χ2v) is 30.9. The number of anilines is 2. The van der Waals surface area contributed by atoms with Gasteiger partial charge in [-0.2, -0.15) is 50.0 Å². The number of aryl methyl sites for hydroxylation is 1. The van der Waals surface area contributed by atoms with Gasteiger partial charge in [0.1, 0.15) is 38.6 Å². The Kier molecular flexibility index (Phi) is 39.2. The minimum absolute atomic E-state index is 0.0162. The van der Waals surface area contributed by atoms with Gasteiger partial charge in [-0.05, 0) is 217 Å². The summed E-state index contributed by atoms with van der Waals surface area (Å²) in [5.41, 5.74) is 15.6. The van der Waals surface area contributed by atoms with Crippen molar-refractivity contribution in [2.45, 2.75) is 136 Å². The van der Waals surface area contributed by atoms with Crippen molar-refractivity contribution >= 4 is 28.2 Å². The number of primary amides is 1. The first kappa shape index (κ1) is 99.3. The van der Waals surface area contributed by atoms with Crippen LogP contribution in [0.25, 0.3) is 10.9 Å². The quantitative estimate of drug-likeness (QED) is 0.0204. The maximum atomic E-state index is 12.8. The Labute approximate surface area is 736 Å².